The monoisotopic (exact) mass is 401 g/mol. The zero-order chi connectivity index (χ0) is 20.2. The zero-order valence-electron chi connectivity index (χ0n) is 15.9. The van der Waals surface area contributed by atoms with Crippen molar-refractivity contribution in [1.82, 2.24) is 0 Å². The molecule has 2 heterocycles. The van der Waals surface area contributed by atoms with Gasteiger partial charge in [-0.25, -0.2) is 4.99 Å². The lowest BCUT2D eigenvalue weighted by Crippen LogP contribution is -2.88. The number of nitrogens with two attached hydrogens (primary N) is 1. The van der Waals surface area contributed by atoms with Crippen LogP contribution >= 0.6 is 11.8 Å². The summed E-state index contributed by atoms with van der Waals surface area (Å²) in [5.41, 5.74) is 5.82. The minimum absolute atomic E-state index is 0.364. The minimum Gasteiger partial charge on any atom is -0.327 e. The molecule has 1 aliphatic carbocycles. The molecular formula is C23H21N4OS+. The van der Waals surface area contributed by atoms with Crippen molar-refractivity contribution in [3.05, 3.63) is 71.8 Å². The number of hydrogen-bond donors (Lipinski definition) is 2. The second-order valence-corrected chi connectivity index (χ2v) is 9.25. The van der Waals surface area contributed by atoms with Crippen LogP contribution in [0.5, 0.6) is 0 Å². The number of fused-ring (bicyclic) bond motifs is 2. The third-order valence-corrected chi connectivity index (χ3v) is 8.16. The van der Waals surface area contributed by atoms with Gasteiger partial charge >= 0.3 is 0 Å². The summed E-state index contributed by atoms with van der Waals surface area (Å²) in [5, 5.41) is 20.1. The van der Waals surface area contributed by atoms with Crippen LogP contribution in [0.2, 0.25) is 0 Å². The molecule has 3 atom stereocenters. The van der Waals surface area contributed by atoms with Crippen LogP contribution in [0.1, 0.15) is 11.1 Å². The van der Waals surface area contributed by atoms with E-state index in [0.29, 0.717) is 25.3 Å². The highest BCUT2D eigenvalue weighted by Gasteiger charge is 3.02. The van der Waals surface area contributed by atoms with Gasteiger partial charge in [0.1, 0.15) is 0 Å². The average Bonchev–Trinajstić information content (AvgIpc) is 3.01. The molecule has 2 fully saturated rings. The van der Waals surface area contributed by atoms with Crippen molar-refractivity contribution < 1.29 is 9.73 Å². The molecule has 3 N–H and O–H groups in total. The Morgan fingerprint density at radius 1 is 0.966 bits per heavy atom. The Kier molecular flexibility index (Phi) is 3.84. The standard InChI is InChI=1S/C23H20N4OS/c24-15-21-19(26)27-23(28-11-12-29-23)22(21,16-25)20(21,13-17-7-3-1-4-8-17)14-18-9-5-2-6-10-18/h1-10H,11-14H2,(H2,26,27)/p+1/t21-,22+,23-/m1/s1. The van der Waals surface area contributed by atoms with Gasteiger partial charge in [0.2, 0.25) is 0 Å². The van der Waals surface area contributed by atoms with Gasteiger partial charge in [-0.2, -0.15) is 10.5 Å². The Bertz CT molecular complexity index is 1020. The lowest BCUT2D eigenvalue weighted by molar-refractivity contribution is -0.585. The van der Waals surface area contributed by atoms with Crippen LogP contribution in [-0.2, 0) is 17.6 Å². The maximum absolute atomic E-state index is 10.6. The number of rotatable bonds is 4. The Labute approximate surface area is 174 Å². The van der Waals surface area contributed by atoms with E-state index in [2.05, 4.69) is 41.4 Å². The second kappa shape index (κ2) is 6.10. The van der Waals surface area contributed by atoms with Crippen LogP contribution in [0.25, 0.3) is 0 Å². The van der Waals surface area contributed by atoms with Crippen LogP contribution in [0.15, 0.2) is 60.7 Å². The molecule has 1 saturated carbocycles. The van der Waals surface area contributed by atoms with Gasteiger partial charge in [-0.05, 0) is 24.0 Å². The second-order valence-electron chi connectivity index (χ2n) is 7.98. The number of hydrogen-bond acceptors (Lipinski definition) is 5. The van der Waals surface area contributed by atoms with E-state index in [9.17, 15) is 10.5 Å². The van der Waals surface area contributed by atoms with Gasteiger partial charge in [-0.3, -0.25) is 5.73 Å². The van der Waals surface area contributed by atoms with Crippen molar-refractivity contribution >= 4 is 17.6 Å². The van der Waals surface area contributed by atoms with Crippen molar-refractivity contribution in [2.75, 3.05) is 12.4 Å². The highest BCUT2D eigenvalue weighted by atomic mass is 32.2. The van der Waals surface area contributed by atoms with Crippen molar-refractivity contribution in [1.29, 1.82) is 10.5 Å². The highest BCUT2D eigenvalue weighted by Crippen LogP contribution is 2.85. The Balaban J connectivity index is 1.73. The van der Waals surface area contributed by atoms with E-state index in [4.69, 9.17) is 10.5 Å². The van der Waals surface area contributed by atoms with Crippen molar-refractivity contribution in [2.24, 2.45) is 22.0 Å². The Morgan fingerprint density at radius 2 is 1.55 bits per heavy atom. The van der Waals surface area contributed by atoms with E-state index >= 15 is 0 Å². The van der Waals surface area contributed by atoms with Crippen LogP contribution in [0, 0.1) is 38.9 Å². The summed E-state index contributed by atoms with van der Waals surface area (Å²) in [5.74, 6) is 1.13. The van der Waals surface area contributed by atoms with Gasteiger partial charge < -0.3 is 4.74 Å². The number of thioether (sulfide) groups is 1. The largest absolute Gasteiger partial charge is 0.327 e. The Morgan fingerprint density at radius 3 is 2.00 bits per heavy atom. The van der Waals surface area contributed by atoms with Crippen molar-refractivity contribution in [3.8, 4) is 12.1 Å². The van der Waals surface area contributed by atoms with Crippen LogP contribution in [0.3, 0.4) is 0 Å². The van der Waals surface area contributed by atoms with Crippen molar-refractivity contribution in [2.45, 2.75) is 17.9 Å². The predicted octanol–water partition coefficient (Wildman–Crippen LogP) is 1.36. The maximum atomic E-state index is 10.6. The molecule has 0 aromatic heterocycles. The number of nitriles is 2. The predicted molar refractivity (Wildman–Crippen MR) is 110 cm³/mol. The molecule has 6 heteroatoms. The van der Waals surface area contributed by atoms with Gasteiger partial charge in [0.15, 0.2) is 10.8 Å². The molecule has 1 spiro atoms. The molecule has 29 heavy (non-hydrogen) atoms. The number of benzene rings is 2. The quantitative estimate of drug-likeness (QED) is 0.806. The summed E-state index contributed by atoms with van der Waals surface area (Å²) < 4.78 is 6.15. The normalized spacial score (nSPS) is 33.5. The summed E-state index contributed by atoms with van der Waals surface area (Å²) in [4.78, 5) is 3.23. The SMILES string of the molecule is N#C[C@]12C(Cc3ccccc3)(Cc3ccccc3)[C@@]1(C#N)C(N)=[NH+][C@@]21OCCS1. The topological polar surface area (TPSA) is 96.8 Å². The molecule has 2 aliphatic heterocycles. The molecule has 3 aliphatic rings. The summed E-state index contributed by atoms with van der Waals surface area (Å²) in [6.07, 6.45) is 1.16. The number of amidine groups is 1. The first-order valence-corrected chi connectivity index (χ1v) is 10.7. The third kappa shape index (κ3) is 1.96. The molecule has 0 unspecified atom stereocenters. The molecule has 144 valence electrons. The maximum Gasteiger partial charge on any atom is 0.277 e. The van der Waals surface area contributed by atoms with E-state index in [1.807, 2.05) is 36.4 Å². The fraction of sp³-hybridized carbons (Fsp3) is 0.348. The molecule has 5 nitrogen and oxygen atoms in total. The minimum atomic E-state index is -1.11. The lowest BCUT2D eigenvalue weighted by atomic mass is 9.79. The summed E-state index contributed by atoms with van der Waals surface area (Å²) >= 11 is 1.56. The fourth-order valence-corrected chi connectivity index (χ4v) is 7.19. The molecule has 5 rings (SSSR count). The van der Waals surface area contributed by atoms with Crippen LogP contribution < -0.4 is 10.7 Å². The zero-order valence-corrected chi connectivity index (χ0v) is 16.7. The smallest absolute Gasteiger partial charge is 0.277 e. The van der Waals surface area contributed by atoms with Gasteiger partial charge in [-0.1, -0.05) is 72.4 Å². The molecular weight excluding hydrogens is 380 g/mol. The lowest BCUT2D eigenvalue weighted by Gasteiger charge is -2.30. The Hall–Kier alpha value is -2.80. The van der Waals surface area contributed by atoms with E-state index in [1.165, 1.54) is 0 Å². The number of ether oxygens (including phenoxy) is 1. The van der Waals surface area contributed by atoms with Gasteiger partial charge in [0.05, 0.1) is 18.7 Å². The number of nitrogens with zero attached hydrogens (tertiary/aromatic N) is 2. The van der Waals surface area contributed by atoms with E-state index in [-0.39, 0.29) is 0 Å². The van der Waals surface area contributed by atoms with Crippen LogP contribution in [0.4, 0.5) is 0 Å². The molecule has 0 radical (unpaired) electrons. The molecule has 2 aromatic rings. The van der Waals surface area contributed by atoms with E-state index in [0.717, 1.165) is 16.9 Å². The van der Waals surface area contributed by atoms with Gasteiger partial charge in [0.25, 0.3) is 10.9 Å². The summed E-state index contributed by atoms with van der Waals surface area (Å²) in [6, 6.07) is 25.2. The number of nitrogens with one attached hydrogen (secondary N) is 1. The molecule has 0 amide bonds. The summed E-state index contributed by atoms with van der Waals surface area (Å²) in [6.45, 7) is 0.530. The van der Waals surface area contributed by atoms with E-state index < -0.39 is 21.3 Å². The van der Waals surface area contributed by atoms with Gasteiger partial charge in [-0.15, -0.1) is 0 Å². The van der Waals surface area contributed by atoms with Crippen molar-refractivity contribution in [3.63, 3.8) is 0 Å². The molecule has 1 saturated heterocycles. The van der Waals surface area contributed by atoms with Crippen LogP contribution in [-0.4, -0.2) is 23.3 Å². The third-order valence-electron chi connectivity index (χ3n) is 6.86. The molecule has 0 bridgehead atoms. The highest BCUT2D eigenvalue weighted by molar-refractivity contribution is 8.00. The summed E-state index contributed by atoms with van der Waals surface area (Å²) in [7, 11) is 0. The fourth-order valence-electron chi connectivity index (χ4n) is 5.78. The van der Waals surface area contributed by atoms with Gasteiger partial charge in [0, 0.05) is 11.2 Å². The van der Waals surface area contributed by atoms with E-state index in [1.54, 1.807) is 11.8 Å². The first-order valence-electron chi connectivity index (χ1n) is 9.71. The molecule has 2 aromatic carbocycles. The first kappa shape index (κ1) is 18.2. The first-order chi connectivity index (χ1) is 14.1. The average molecular weight is 402 g/mol.